The molecule has 0 atom stereocenters. The number of carbonyl (C=O) groups is 2. The molecule has 0 fully saturated rings. The highest BCUT2D eigenvalue weighted by molar-refractivity contribution is 5.90. The standard InChI is InChI=1S/C16H22N4O6/c1-16(2,3)26-15(22)18-8-6-5-7-17-13-12(20(23)24)9-11(10-19-13)14(21)25-4/h5-6,9-10H,7-8H2,1-4H3,(H,17,19)(H,18,22)/b6-5+. The third kappa shape index (κ3) is 7.16. The second-order valence-corrected chi connectivity index (χ2v) is 6.08. The lowest BCUT2D eigenvalue weighted by atomic mass is 10.2. The molecule has 0 aromatic carbocycles. The van der Waals surface area contributed by atoms with Crippen LogP contribution in [0.1, 0.15) is 31.1 Å². The normalized spacial score (nSPS) is 11.1. The molecule has 0 bridgehead atoms. The van der Waals surface area contributed by atoms with E-state index in [0.717, 1.165) is 6.07 Å². The van der Waals surface area contributed by atoms with E-state index in [-0.39, 0.29) is 30.2 Å². The number of esters is 1. The molecule has 10 nitrogen and oxygen atoms in total. The highest BCUT2D eigenvalue weighted by Crippen LogP contribution is 2.22. The van der Waals surface area contributed by atoms with Crippen LogP contribution < -0.4 is 10.6 Å². The summed E-state index contributed by atoms with van der Waals surface area (Å²) in [6.07, 6.45) is 3.98. The predicted octanol–water partition coefficient (Wildman–Crippen LogP) is 2.27. The number of hydrogen-bond acceptors (Lipinski definition) is 8. The zero-order valence-electron chi connectivity index (χ0n) is 15.1. The predicted molar refractivity (Wildman–Crippen MR) is 94.1 cm³/mol. The lowest BCUT2D eigenvalue weighted by molar-refractivity contribution is -0.384. The summed E-state index contributed by atoms with van der Waals surface area (Å²) in [7, 11) is 1.18. The van der Waals surface area contributed by atoms with E-state index >= 15 is 0 Å². The van der Waals surface area contributed by atoms with Crippen molar-refractivity contribution in [2.45, 2.75) is 26.4 Å². The molecule has 10 heteroatoms. The Bertz CT molecular complexity index is 696. The highest BCUT2D eigenvalue weighted by atomic mass is 16.6. The van der Waals surface area contributed by atoms with E-state index in [2.05, 4.69) is 20.4 Å². The van der Waals surface area contributed by atoms with Crippen LogP contribution in [0, 0.1) is 10.1 Å². The molecule has 0 aliphatic heterocycles. The van der Waals surface area contributed by atoms with Crippen molar-refractivity contribution in [1.82, 2.24) is 10.3 Å². The molecular weight excluding hydrogens is 344 g/mol. The number of carbonyl (C=O) groups excluding carboxylic acids is 2. The molecule has 0 aliphatic rings. The maximum Gasteiger partial charge on any atom is 0.407 e. The molecule has 0 saturated heterocycles. The van der Waals surface area contributed by atoms with E-state index < -0.39 is 22.6 Å². The molecule has 2 N–H and O–H groups in total. The Morgan fingerprint density at radius 1 is 1.31 bits per heavy atom. The van der Waals surface area contributed by atoms with Crippen LogP contribution in [0.2, 0.25) is 0 Å². The summed E-state index contributed by atoms with van der Waals surface area (Å²) in [5, 5.41) is 16.4. The van der Waals surface area contributed by atoms with E-state index in [9.17, 15) is 19.7 Å². The van der Waals surface area contributed by atoms with Gasteiger partial charge in [0, 0.05) is 25.4 Å². The van der Waals surface area contributed by atoms with Gasteiger partial charge in [-0.3, -0.25) is 10.1 Å². The first kappa shape index (κ1) is 20.9. The fourth-order valence-corrected chi connectivity index (χ4v) is 1.74. The van der Waals surface area contributed by atoms with E-state index in [1.54, 1.807) is 32.9 Å². The van der Waals surface area contributed by atoms with Gasteiger partial charge in [0.1, 0.15) is 5.60 Å². The number of nitrogens with zero attached hydrogens (tertiary/aromatic N) is 2. The second-order valence-electron chi connectivity index (χ2n) is 6.08. The average molecular weight is 366 g/mol. The van der Waals surface area contributed by atoms with Gasteiger partial charge in [-0.25, -0.2) is 14.6 Å². The number of alkyl carbamates (subject to hydrolysis) is 1. The summed E-state index contributed by atoms with van der Waals surface area (Å²) in [6.45, 7) is 5.77. The van der Waals surface area contributed by atoms with Crippen molar-refractivity contribution >= 4 is 23.6 Å². The van der Waals surface area contributed by atoms with E-state index in [1.165, 1.54) is 13.3 Å². The quantitative estimate of drug-likeness (QED) is 0.325. The smallest absolute Gasteiger partial charge is 0.407 e. The molecule has 0 aliphatic carbocycles. The van der Waals surface area contributed by atoms with Gasteiger partial charge in [0.05, 0.1) is 17.6 Å². The molecule has 0 spiro atoms. The number of rotatable bonds is 7. The van der Waals surface area contributed by atoms with Gasteiger partial charge in [0.2, 0.25) is 5.82 Å². The lowest BCUT2D eigenvalue weighted by Gasteiger charge is -2.19. The Labute approximate surface area is 150 Å². The maximum absolute atomic E-state index is 11.4. The number of hydrogen-bond donors (Lipinski definition) is 2. The average Bonchev–Trinajstić information content (AvgIpc) is 2.55. The fraction of sp³-hybridized carbons (Fsp3) is 0.438. The van der Waals surface area contributed by atoms with Gasteiger partial charge in [-0.1, -0.05) is 12.2 Å². The Kier molecular flexibility index (Phi) is 7.51. The first-order valence-electron chi connectivity index (χ1n) is 7.72. The minimum atomic E-state index is -0.708. The number of ether oxygens (including phenoxy) is 2. The van der Waals surface area contributed by atoms with Gasteiger partial charge in [-0.05, 0) is 20.8 Å². The summed E-state index contributed by atoms with van der Waals surface area (Å²) >= 11 is 0. The number of pyridine rings is 1. The largest absolute Gasteiger partial charge is 0.465 e. The Hall–Kier alpha value is -3.17. The molecular formula is C16H22N4O6. The molecule has 0 saturated carbocycles. The van der Waals surface area contributed by atoms with Gasteiger partial charge in [-0.15, -0.1) is 0 Å². The first-order chi connectivity index (χ1) is 12.1. The summed E-state index contributed by atoms with van der Waals surface area (Å²) in [5.74, 6) is -0.687. The summed E-state index contributed by atoms with van der Waals surface area (Å²) < 4.78 is 9.58. The van der Waals surface area contributed by atoms with Gasteiger partial charge >= 0.3 is 17.7 Å². The Morgan fingerprint density at radius 3 is 2.54 bits per heavy atom. The topological polar surface area (TPSA) is 133 Å². The summed E-state index contributed by atoms with van der Waals surface area (Å²) in [4.78, 5) is 37.2. The van der Waals surface area contributed by atoms with Crippen LogP contribution in [0.4, 0.5) is 16.3 Å². The number of anilines is 1. The number of methoxy groups -OCH3 is 1. The van der Waals surface area contributed by atoms with Gasteiger partial charge in [-0.2, -0.15) is 0 Å². The minimum Gasteiger partial charge on any atom is -0.465 e. The van der Waals surface area contributed by atoms with Gasteiger partial charge < -0.3 is 20.1 Å². The molecule has 1 aromatic rings. The Morgan fingerprint density at radius 2 is 1.96 bits per heavy atom. The molecule has 142 valence electrons. The maximum atomic E-state index is 11.4. The molecule has 1 aromatic heterocycles. The number of aromatic nitrogens is 1. The zero-order valence-corrected chi connectivity index (χ0v) is 15.1. The van der Waals surface area contributed by atoms with Crippen molar-refractivity contribution in [1.29, 1.82) is 0 Å². The van der Waals surface area contributed by atoms with Crippen molar-refractivity contribution in [3.05, 3.63) is 40.1 Å². The monoisotopic (exact) mass is 366 g/mol. The highest BCUT2D eigenvalue weighted by Gasteiger charge is 2.19. The van der Waals surface area contributed by atoms with Crippen LogP contribution in [0.15, 0.2) is 24.4 Å². The number of nitro groups is 1. The van der Waals surface area contributed by atoms with E-state index in [1.807, 2.05) is 0 Å². The van der Waals surface area contributed by atoms with Crippen LogP contribution in [0.3, 0.4) is 0 Å². The fourth-order valence-electron chi connectivity index (χ4n) is 1.74. The van der Waals surface area contributed by atoms with E-state index in [4.69, 9.17) is 4.74 Å². The number of nitrogens with one attached hydrogen (secondary N) is 2. The minimum absolute atomic E-state index is 0.0122. The Balaban J connectivity index is 2.56. The molecule has 1 rings (SSSR count). The van der Waals surface area contributed by atoms with E-state index in [0.29, 0.717) is 0 Å². The van der Waals surface area contributed by atoms with Crippen molar-refractivity contribution in [2.75, 3.05) is 25.5 Å². The first-order valence-corrected chi connectivity index (χ1v) is 7.72. The van der Waals surface area contributed by atoms with Crippen molar-refractivity contribution in [3.63, 3.8) is 0 Å². The third-order valence-corrected chi connectivity index (χ3v) is 2.80. The molecule has 0 radical (unpaired) electrons. The van der Waals surface area contributed by atoms with Crippen LogP contribution in [-0.4, -0.2) is 47.8 Å². The second kappa shape index (κ2) is 9.35. The van der Waals surface area contributed by atoms with Gasteiger partial charge in [0.25, 0.3) is 0 Å². The van der Waals surface area contributed by atoms with Crippen molar-refractivity contribution < 1.29 is 24.0 Å². The van der Waals surface area contributed by atoms with Crippen LogP contribution in [-0.2, 0) is 9.47 Å². The lowest BCUT2D eigenvalue weighted by Crippen LogP contribution is -2.32. The van der Waals surface area contributed by atoms with Crippen molar-refractivity contribution in [3.8, 4) is 0 Å². The molecule has 26 heavy (non-hydrogen) atoms. The third-order valence-electron chi connectivity index (χ3n) is 2.80. The molecule has 0 unspecified atom stereocenters. The van der Waals surface area contributed by atoms with Crippen LogP contribution >= 0.6 is 0 Å². The van der Waals surface area contributed by atoms with Crippen LogP contribution in [0.5, 0.6) is 0 Å². The number of amides is 1. The van der Waals surface area contributed by atoms with Crippen LogP contribution in [0.25, 0.3) is 0 Å². The summed E-state index contributed by atoms with van der Waals surface area (Å²) in [6, 6.07) is 1.09. The van der Waals surface area contributed by atoms with Gasteiger partial charge in [0.15, 0.2) is 0 Å². The van der Waals surface area contributed by atoms with Crippen molar-refractivity contribution in [2.24, 2.45) is 0 Å². The molecule has 1 amide bonds. The molecule has 1 heterocycles. The zero-order chi connectivity index (χ0) is 19.7. The summed E-state index contributed by atoms with van der Waals surface area (Å²) in [5.41, 5.74) is -0.925. The SMILES string of the molecule is COC(=O)c1cnc(NC/C=C/CNC(=O)OC(C)(C)C)c([N+](=O)[O-])c1.